The second-order valence-electron chi connectivity index (χ2n) is 2.34. The Bertz CT molecular complexity index is 325. The Balaban J connectivity index is 2.93. The molecule has 5 nitrogen and oxygen atoms in total. The lowest BCUT2D eigenvalue weighted by Crippen LogP contribution is -2.13. The molecule has 0 unspecified atom stereocenters. The maximum atomic E-state index is 11.0. The zero-order chi connectivity index (χ0) is 9.84. The Morgan fingerprint density at radius 3 is 2.85 bits per heavy atom. The molecule has 1 aromatic heterocycles. The van der Waals surface area contributed by atoms with Crippen LogP contribution in [0.3, 0.4) is 0 Å². The number of hydrogen-bond donors (Lipinski definition) is 1. The van der Waals surface area contributed by atoms with Crippen molar-refractivity contribution < 1.29 is 23.8 Å². The summed E-state index contributed by atoms with van der Waals surface area (Å²) in [4.78, 5) is 21.3. The number of aliphatic carboxylic acids is 1. The molecule has 70 valence electrons. The van der Waals surface area contributed by atoms with Crippen LogP contribution in [-0.2, 0) is 16.1 Å². The van der Waals surface area contributed by atoms with E-state index in [1.807, 2.05) is 0 Å². The highest BCUT2D eigenvalue weighted by atomic mass is 16.5. The van der Waals surface area contributed by atoms with Crippen LogP contribution in [0.2, 0.25) is 0 Å². The largest absolute Gasteiger partial charge is 0.475 e. The Morgan fingerprint density at radius 2 is 2.31 bits per heavy atom. The van der Waals surface area contributed by atoms with Gasteiger partial charge in [-0.15, -0.1) is 0 Å². The molecular formula is C8H8O5. The molecule has 0 aliphatic heterocycles. The summed E-state index contributed by atoms with van der Waals surface area (Å²) in [5, 5.41) is 8.40. The van der Waals surface area contributed by atoms with E-state index in [1.165, 1.54) is 19.4 Å². The average Bonchev–Trinajstić information content (AvgIpc) is 2.52. The van der Waals surface area contributed by atoms with Crippen molar-refractivity contribution in [3.8, 4) is 0 Å². The van der Waals surface area contributed by atoms with Crippen LogP contribution < -0.4 is 0 Å². The van der Waals surface area contributed by atoms with E-state index < -0.39 is 11.8 Å². The van der Waals surface area contributed by atoms with E-state index in [0.717, 1.165) is 0 Å². The summed E-state index contributed by atoms with van der Waals surface area (Å²) in [5.74, 6) is -2.77. The minimum Gasteiger partial charge on any atom is -0.475 e. The number of ether oxygens (including phenoxy) is 1. The fourth-order valence-corrected chi connectivity index (χ4v) is 0.901. The number of carboxylic acid groups (broad SMARTS) is 1. The van der Waals surface area contributed by atoms with E-state index in [1.54, 1.807) is 0 Å². The molecule has 0 spiro atoms. The number of rotatable bonds is 4. The SMILES string of the molecule is COCc1ccoc1C(=O)C(=O)O. The van der Waals surface area contributed by atoms with E-state index in [9.17, 15) is 9.59 Å². The summed E-state index contributed by atoms with van der Waals surface area (Å²) in [5.41, 5.74) is 0.440. The van der Waals surface area contributed by atoms with Gasteiger partial charge < -0.3 is 14.3 Å². The molecule has 0 atom stereocenters. The normalized spacial score (nSPS) is 9.92. The third kappa shape index (κ3) is 1.94. The van der Waals surface area contributed by atoms with Gasteiger partial charge in [-0.05, 0) is 6.07 Å². The molecular weight excluding hydrogens is 176 g/mol. The number of hydrogen-bond acceptors (Lipinski definition) is 4. The smallest absolute Gasteiger partial charge is 0.380 e. The van der Waals surface area contributed by atoms with E-state index >= 15 is 0 Å². The standard InChI is InChI=1S/C8H8O5/c1-12-4-5-2-3-13-7(5)6(9)8(10)11/h2-3H,4H2,1H3,(H,10,11). The summed E-state index contributed by atoms with van der Waals surface area (Å²) in [6.07, 6.45) is 1.25. The fourth-order valence-electron chi connectivity index (χ4n) is 0.901. The molecule has 0 aliphatic carbocycles. The van der Waals surface area contributed by atoms with Crippen LogP contribution in [0.1, 0.15) is 16.1 Å². The average molecular weight is 184 g/mol. The van der Waals surface area contributed by atoms with Crippen LogP contribution in [-0.4, -0.2) is 24.0 Å². The van der Waals surface area contributed by atoms with Gasteiger partial charge in [-0.2, -0.15) is 0 Å². The molecule has 1 aromatic rings. The Morgan fingerprint density at radius 1 is 1.62 bits per heavy atom. The number of carbonyl (C=O) groups excluding carboxylic acids is 1. The number of carbonyl (C=O) groups is 2. The lowest BCUT2D eigenvalue weighted by molar-refractivity contribution is -0.131. The van der Waals surface area contributed by atoms with Gasteiger partial charge >= 0.3 is 11.8 Å². The highest BCUT2D eigenvalue weighted by Gasteiger charge is 2.21. The molecule has 0 fully saturated rings. The van der Waals surface area contributed by atoms with Crippen molar-refractivity contribution in [2.45, 2.75) is 6.61 Å². The van der Waals surface area contributed by atoms with Gasteiger partial charge in [0.05, 0.1) is 12.9 Å². The van der Waals surface area contributed by atoms with Crippen LogP contribution in [0.5, 0.6) is 0 Å². The third-order valence-corrected chi connectivity index (χ3v) is 1.45. The van der Waals surface area contributed by atoms with Crippen LogP contribution in [0.25, 0.3) is 0 Å². The number of carboxylic acids is 1. The molecule has 0 saturated heterocycles. The minimum atomic E-state index is -1.53. The highest BCUT2D eigenvalue weighted by Crippen LogP contribution is 2.12. The van der Waals surface area contributed by atoms with Gasteiger partial charge in [0, 0.05) is 12.7 Å². The topological polar surface area (TPSA) is 76.7 Å². The number of Topliss-reactive ketones (excluding diaryl/α,β-unsaturated/α-hetero) is 1. The van der Waals surface area contributed by atoms with E-state index in [4.69, 9.17) is 14.3 Å². The number of methoxy groups -OCH3 is 1. The first-order valence-corrected chi connectivity index (χ1v) is 3.49. The van der Waals surface area contributed by atoms with Crippen molar-refractivity contribution in [3.63, 3.8) is 0 Å². The van der Waals surface area contributed by atoms with Crippen molar-refractivity contribution in [2.75, 3.05) is 7.11 Å². The summed E-state index contributed by atoms with van der Waals surface area (Å²) < 4.78 is 9.48. The summed E-state index contributed by atoms with van der Waals surface area (Å²) in [7, 11) is 1.45. The lowest BCUT2D eigenvalue weighted by Gasteiger charge is -1.96. The molecule has 5 heteroatoms. The Hall–Kier alpha value is -1.62. The number of ketones is 1. The molecule has 0 amide bonds. The summed E-state index contributed by atoms with van der Waals surface area (Å²) >= 11 is 0. The number of furan rings is 1. The van der Waals surface area contributed by atoms with Gasteiger partial charge in [0.2, 0.25) is 0 Å². The van der Waals surface area contributed by atoms with Gasteiger partial charge in [-0.3, -0.25) is 4.79 Å². The van der Waals surface area contributed by atoms with Crippen molar-refractivity contribution >= 4 is 11.8 Å². The molecule has 13 heavy (non-hydrogen) atoms. The van der Waals surface area contributed by atoms with Crippen molar-refractivity contribution in [3.05, 3.63) is 23.7 Å². The first kappa shape index (κ1) is 9.47. The molecule has 0 bridgehead atoms. The molecule has 1 rings (SSSR count). The fraction of sp³-hybridized carbons (Fsp3) is 0.250. The zero-order valence-corrected chi connectivity index (χ0v) is 6.94. The van der Waals surface area contributed by atoms with E-state index in [-0.39, 0.29) is 12.4 Å². The molecule has 0 aliphatic rings. The van der Waals surface area contributed by atoms with Gasteiger partial charge in [0.15, 0.2) is 5.76 Å². The van der Waals surface area contributed by atoms with E-state index in [2.05, 4.69) is 0 Å². The van der Waals surface area contributed by atoms with Crippen LogP contribution >= 0.6 is 0 Å². The molecule has 0 radical (unpaired) electrons. The molecule has 1 N–H and O–H groups in total. The van der Waals surface area contributed by atoms with Crippen molar-refractivity contribution in [2.24, 2.45) is 0 Å². The summed E-state index contributed by atoms with van der Waals surface area (Å²) in [6, 6.07) is 1.50. The molecule has 1 heterocycles. The minimum absolute atomic E-state index is 0.158. The van der Waals surface area contributed by atoms with Crippen LogP contribution in [0.4, 0.5) is 0 Å². The second-order valence-corrected chi connectivity index (χ2v) is 2.34. The summed E-state index contributed by atoms with van der Waals surface area (Å²) in [6.45, 7) is 0.158. The first-order valence-electron chi connectivity index (χ1n) is 3.49. The van der Waals surface area contributed by atoms with Gasteiger partial charge in [0.25, 0.3) is 0 Å². The highest BCUT2D eigenvalue weighted by molar-refractivity contribution is 6.39. The second kappa shape index (κ2) is 3.86. The van der Waals surface area contributed by atoms with Gasteiger partial charge in [-0.25, -0.2) is 4.79 Å². The Labute approximate surface area is 73.9 Å². The van der Waals surface area contributed by atoms with Crippen molar-refractivity contribution in [1.82, 2.24) is 0 Å². The lowest BCUT2D eigenvalue weighted by atomic mass is 10.2. The van der Waals surface area contributed by atoms with Crippen molar-refractivity contribution in [1.29, 1.82) is 0 Å². The maximum absolute atomic E-state index is 11.0. The predicted molar refractivity (Wildman–Crippen MR) is 41.4 cm³/mol. The van der Waals surface area contributed by atoms with E-state index in [0.29, 0.717) is 5.56 Å². The quantitative estimate of drug-likeness (QED) is 0.550. The zero-order valence-electron chi connectivity index (χ0n) is 6.94. The third-order valence-electron chi connectivity index (χ3n) is 1.45. The van der Waals surface area contributed by atoms with Gasteiger partial charge in [0.1, 0.15) is 0 Å². The van der Waals surface area contributed by atoms with Crippen LogP contribution in [0, 0.1) is 0 Å². The Kier molecular flexibility index (Phi) is 2.81. The predicted octanol–water partition coefficient (Wildman–Crippen LogP) is 0.693. The van der Waals surface area contributed by atoms with Crippen LogP contribution in [0.15, 0.2) is 16.7 Å². The van der Waals surface area contributed by atoms with Gasteiger partial charge in [-0.1, -0.05) is 0 Å². The molecule has 0 aromatic carbocycles. The molecule has 0 saturated carbocycles. The first-order chi connectivity index (χ1) is 6.16. The monoisotopic (exact) mass is 184 g/mol. The maximum Gasteiger partial charge on any atom is 0.380 e.